The van der Waals surface area contributed by atoms with E-state index in [1.54, 1.807) is 14.2 Å². The van der Waals surface area contributed by atoms with Crippen LogP contribution in [0.5, 0.6) is 11.5 Å². The van der Waals surface area contributed by atoms with Crippen LogP contribution in [-0.4, -0.2) is 36.6 Å². The van der Waals surface area contributed by atoms with Crippen molar-refractivity contribution in [1.29, 1.82) is 0 Å². The van der Waals surface area contributed by atoms with E-state index in [1.807, 2.05) is 62.1 Å². The molecule has 0 fully saturated rings. The van der Waals surface area contributed by atoms with Gasteiger partial charge in [-0.15, -0.1) is 0 Å². The van der Waals surface area contributed by atoms with Crippen molar-refractivity contribution in [3.05, 3.63) is 69.0 Å². The normalized spacial score (nSPS) is 15.8. The summed E-state index contributed by atoms with van der Waals surface area (Å²) in [5.41, 5.74) is 4.15. The number of para-hydroxylation sites is 1. The molecule has 1 aromatic heterocycles. The molecular formula is C25H28N2O4. The van der Waals surface area contributed by atoms with Crippen molar-refractivity contribution in [2.75, 3.05) is 20.8 Å². The number of fused-ring (bicyclic) bond motifs is 2. The van der Waals surface area contributed by atoms with Gasteiger partial charge in [0.1, 0.15) is 0 Å². The largest absolute Gasteiger partial charge is 0.493 e. The zero-order valence-corrected chi connectivity index (χ0v) is 18.6. The van der Waals surface area contributed by atoms with Gasteiger partial charge in [0, 0.05) is 18.0 Å². The lowest BCUT2D eigenvalue weighted by Crippen LogP contribution is -2.44. The van der Waals surface area contributed by atoms with Gasteiger partial charge in [0.15, 0.2) is 11.5 Å². The Bertz CT molecular complexity index is 1210. The Morgan fingerprint density at radius 3 is 2.48 bits per heavy atom. The van der Waals surface area contributed by atoms with E-state index in [1.165, 1.54) is 0 Å². The number of nitrogens with one attached hydrogen (secondary N) is 1. The van der Waals surface area contributed by atoms with E-state index in [4.69, 9.17) is 9.47 Å². The van der Waals surface area contributed by atoms with Crippen LogP contribution >= 0.6 is 0 Å². The van der Waals surface area contributed by atoms with Gasteiger partial charge in [-0.25, -0.2) is 0 Å². The summed E-state index contributed by atoms with van der Waals surface area (Å²) in [5.74, 6) is 1.07. The minimum atomic E-state index is -0.493. The summed E-state index contributed by atoms with van der Waals surface area (Å²) in [6.45, 7) is 6.28. The Labute approximate surface area is 181 Å². The molecule has 1 unspecified atom stereocenters. The molecule has 1 aliphatic rings. The van der Waals surface area contributed by atoms with E-state index in [0.717, 1.165) is 27.6 Å². The molecule has 2 heterocycles. The Hall–Kier alpha value is -3.28. The number of ether oxygens (including phenoxy) is 2. The second-order valence-corrected chi connectivity index (χ2v) is 8.34. The highest BCUT2D eigenvalue weighted by Gasteiger charge is 2.35. The molecule has 2 aromatic carbocycles. The molecule has 0 spiro atoms. The van der Waals surface area contributed by atoms with Crippen LogP contribution in [0.3, 0.4) is 0 Å². The van der Waals surface area contributed by atoms with Crippen molar-refractivity contribution in [3.8, 4) is 11.5 Å². The molecule has 0 aliphatic carbocycles. The molecule has 0 bridgehead atoms. The smallest absolute Gasteiger partial charge is 0.254 e. The molecule has 1 atom stereocenters. The summed E-state index contributed by atoms with van der Waals surface area (Å²) in [7, 11) is 3.19. The number of H-pyrrole nitrogens is 1. The average Bonchev–Trinajstić information content (AvgIpc) is 2.77. The number of hydrogen-bond donors (Lipinski definition) is 1. The number of rotatable bonds is 4. The predicted octanol–water partition coefficient (Wildman–Crippen LogP) is 3.98. The maximum Gasteiger partial charge on any atom is 0.254 e. The fraction of sp³-hybridized carbons (Fsp3) is 0.360. The van der Waals surface area contributed by atoms with E-state index in [2.05, 4.69) is 4.98 Å². The van der Waals surface area contributed by atoms with Crippen molar-refractivity contribution in [2.45, 2.75) is 33.2 Å². The molecule has 1 N–H and O–H groups in total. The second kappa shape index (κ2) is 8.10. The first-order chi connectivity index (χ1) is 14.8. The van der Waals surface area contributed by atoms with Crippen LogP contribution in [0.15, 0.2) is 41.2 Å². The standard InChI is InChI=1S/C25H28N2O4/c1-14(2)25(29)27-10-9-16-12-20(30-4)21(31-5)13-18(16)23(27)19-11-17-8-6-7-15(3)22(17)26-24(19)28/h6-8,11-14,23H,9-10H2,1-5H3,(H,26,28). The fourth-order valence-corrected chi connectivity index (χ4v) is 4.45. The molecule has 1 amide bonds. The van der Waals surface area contributed by atoms with Gasteiger partial charge in [-0.05, 0) is 53.6 Å². The Morgan fingerprint density at radius 2 is 1.81 bits per heavy atom. The molecular weight excluding hydrogens is 392 g/mol. The van der Waals surface area contributed by atoms with Gasteiger partial charge in [0.05, 0.1) is 25.8 Å². The van der Waals surface area contributed by atoms with Crippen LogP contribution in [0, 0.1) is 12.8 Å². The summed E-state index contributed by atoms with van der Waals surface area (Å²) < 4.78 is 11.0. The molecule has 31 heavy (non-hydrogen) atoms. The zero-order valence-electron chi connectivity index (χ0n) is 18.6. The number of aromatic amines is 1. The number of benzene rings is 2. The molecule has 4 rings (SSSR count). The zero-order chi connectivity index (χ0) is 22.3. The van der Waals surface area contributed by atoms with E-state index >= 15 is 0 Å². The maximum atomic E-state index is 13.3. The van der Waals surface area contributed by atoms with Gasteiger partial charge in [0.25, 0.3) is 5.56 Å². The van der Waals surface area contributed by atoms with Crippen molar-refractivity contribution < 1.29 is 14.3 Å². The highest BCUT2D eigenvalue weighted by atomic mass is 16.5. The summed E-state index contributed by atoms with van der Waals surface area (Å²) in [6, 6.07) is 11.2. The van der Waals surface area contributed by atoms with Crippen LogP contribution < -0.4 is 15.0 Å². The van der Waals surface area contributed by atoms with E-state index < -0.39 is 6.04 Å². The van der Waals surface area contributed by atoms with Crippen molar-refractivity contribution >= 4 is 16.8 Å². The topological polar surface area (TPSA) is 71.6 Å². The molecule has 1 aliphatic heterocycles. The lowest BCUT2D eigenvalue weighted by atomic mass is 9.87. The summed E-state index contributed by atoms with van der Waals surface area (Å²) in [5, 5.41) is 0.944. The van der Waals surface area contributed by atoms with Gasteiger partial charge in [-0.3, -0.25) is 9.59 Å². The SMILES string of the molecule is COc1cc2c(cc1OC)C(c1cc3cccc(C)c3[nH]c1=O)N(C(=O)C(C)C)CC2. The van der Waals surface area contributed by atoms with Crippen LogP contribution in [0.2, 0.25) is 0 Å². The summed E-state index contributed by atoms with van der Waals surface area (Å²) >= 11 is 0. The number of amides is 1. The quantitative estimate of drug-likeness (QED) is 0.693. The number of pyridine rings is 1. The van der Waals surface area contributed by atoms with Gasteiger partial charge >= 0.3 is 0 Å². The second-order valence-electron chi connectivity index (χ2n) is 8.34. The lowest BCUT2D eigenvalue weighted by molar-refractivity contribution is -0.136. The minimum Gasteiger partial charge on any atom is -0.493 e. The maximum absolute atomic E-state index is 13.3. The van der Waals surface area contributed by atoms with Crippen LogP contribution in [-0.2, 0) is 11.2 Å². The molecule has 0 saturated heterocycles. The highest BCUT2D eigenvalue weighted by Crippen LogP contribution is 2.41. The van der Waals surface area contributed by atoms with E-state index in [9.17, 15) is 9.59 Å². The molecule has 6 heteroatoms. The van der Waals surface area contributed by atoms with Crippen molar-refractivity contribution in [1.82, 2.24) is 9.88 Å². The molecule has 3 aromatic rings. The number of aromatic nitrogens is 1. The summed E-state index contributed by atoms with van der Waals surface area (Å²) in [4.78, 5) is 31.3. The summed E-state index contributed by atoms with van der Waals surface area (Å²) in [6.07, 6.45) is 0.690. The number of methoxy groups -OCH3 is 2. The van der Waals surface area contributed by atoms with Crippen LogP contribution in [0.1, 0.15) is 42.1 Å². The first-order valence-electron chi connectivity index (χ1n) is 10.5. The Morgan fingerprint density at radius 1 is 1.10 bits per heavy atom. The van der Waals surface area contributed by atoms with E-state index in [0.29, 0.717) is 30.0 Å². The number of carbonyl (C=O) groups is 1. The van der Waals surface area contributed by atoms with Crippen molar-refractivity contribution in [2.24, 2.45) is 5.92 Å². The van der Waals surface area contributed by atoms with E-state index in [-0.39, 0.29) is 17.4 Å². The van der Waals surface area contributed by atoms with Gasteiger partial charge in [-0.1, -0.05) is 32.0 Å². The number of hydrogen-bond acceptors (Lipinski definition) is 4. The molecule has 162 valence electrons. The third-order valence-electron chi connectivity index (χ3n) is 6.06. The number of nitrogens with zero attached hydrogens (tertiary/aromatic N) is 1. The Kier molecular flexibility index (Phi) is 5.48. The van der Waals surface area contributed by atoms with Crippen LogP contribution in [0.4, 0.5) is 0 Å². The number of carbonyl (C=O) groups excluding carboxylic acids is 1. The Balaban J connectivity index is 1.98. The van der Waals surface area contributed by atoms with Gasteiger partial charge < -0.3 is 19.4 Å². The molecule has 0 saturated carbocycles. The third-order valence-corrected chi connectivity index (χ3v) is 6.06. The highest BCUT2D eigenvalue weighted by molar-refractivity contribution is 5.83. The van der Waals surface area contributed by atoms with Gasteiger partial charge in [-0.2, -0.15) is 0 Å². The molecule has 6 nitrogen and oxygen atoms in total. The molecule has 0 radical (unpaired) electrons. The first-order valence-corrected chi connectivity index (χ1v) is 10.5. The predicted molar refractivity (Wildman–Crippen MR) is 121 cm³/mol. The minimum absolute atomic E-state index is 0.0224. The third kappa shape index (κ3) is 3.56. The first kappa shape index (κ1) is 21.0. The average molecular weight is 421 g/mol. The lowest BCUT2D eigenvalue weighted by Gasteiger charge is -2.38. The van der Waals surface area contributed by atoms with Crippen LogP contribution in [0.25, 0.3) is 10.9 Å². The fourth-order valence-electron chi connectivity index (χ4n) is 4.45. The van der Waals surface area contributed by atoms with Gasteiger partial charge in [0.2, 0.25) is 5.91 Å². The number of aryl methyl sites for hydroxylation is 1. The monoisotopic (exact) mass is 420 g/mol. The van der Waals surface area contributed by atoms with Crippen molar-refractivity contribution in [3.63, 3.8) is 0 Å².